The number of benzene rings is 1. The minimum Gasteiger partial charge on any atom is -0.433 e. The zero-order chi connectivity index (χ0) is 16.5. The molecule has 1 aliphatic carbocycles. The van der Waals surface area contributed by atoms with Crippen molar-refractivity contribution in [1.82, 2.24) is 0 Å². The van der Waals surface area contributed by atoms with Crippen LogP contribution in [0, 0.1) is 0 Å². The molecule has 0 fully saturated rings. The third-order valence-corrected chi connectivity index (χ3v) is 4.08. The molecule has 23 heavy (non-hydrogen) atoms. The molecular formula is C19H23ClO3. The van der Waals surface area contributed by atoms with E-state index in [9.17, 15) is 4.79 Å². The number of alkyl halides is 1. The topological polar surface area (TPSA) is 35.5 Å². The molecule has 0 aromatic heterocycles. The summed E-state index contributed by atoms with van der Waals surface area (Å²) < 4.78 is 11.4. The molecule has 1 aromatic rings. The molecule has 0 saturated heterocycles. The Hall–Kier alpha value is -1.58. The number of halogens is 1. The number of allylic oxidation sites excluding steroid dienone is 2. The van der Waals surface area contributed by atoms with E-state index in [1.54, 1.807) is 36.4 Å². The molecule has 3 nitrogen and oxygen atoms in total. The Morgan fingerprint density at radius 2 is 1.96 bits per heavy atom. The van der Waals surface area contributed by atoms with Gasteiger partial charge in [-0.1, -0.05) is 74.2 Å². The van der Waals surface area contributed by atoms with Gasteiger partial charge < -0.3 is 9.47 Å². The minimum atomic E-state index is -1.30. The zero-order valence-corrected chi connectivity index (χ0v) is 14.2. The largest absolute Gasteiger partial charge is 0.433 e. The second kappa shape index (κ2) is 8.90. The van der Waals surface area contributed by atoms with Gasteiger partial charge in [0.05, 0.1) is 5.56 Å². The van der Waals surface area contributed by atoms with Gasteiger partial charge in [0.15, 0.2) is 0 Å². The lowest BCUT2D eigenvalue weighted by atomic mass is 10.1. The second-order valence-corrected chi connectivity index (χ2v) is 6.14. The van der Waals surface area contributed by atoms with E-state index in [-0.39, 0.29) is 0 Å². The molecule has 0 heterocycles. The van der Waals surface area contributed by atoms with Crippen molar-refractivity contribution in [3.05, 3.63) is 60.2 Å². The fourth-order valence-corrected chi connectivity index (χ4v) is 2.63. The van der Waals surface area contributed by atoms with Crippen LogP contribution in [0.5, 0.6) is 0 Å². The maximum Gasteiger partial charge on any atom is 0.340 e. The van der Waals surface area contributed by atoms with Crippen LogP contribution in [-0.2, 0) is 9.47 Å². The fourth-order valence-electron chi connectivity index (χ4n) is 2.35. The van der Waals surface area contributed by atoms with Crippen LogP contribution in [0.3, 0.4) is 0 Å². The van der Waals surface area contributed by atoms with E-state index in [0.29, 0.717) is 12.2 Å². The first-order chi connectivity index (χ1) is 11.2. The summed E-state index contributed by atoms with van der Waals surface area (Å²) in [5, 5.41) is -1.30. The average Bonchev–Trinajstić information content (AvgIpc) is 2.57. The molecule has 0 radical (unpaired) electrons. The molecule has 0 spiro atoms. The maximum absolute atomic E-state index is 12.3. The minimum absolute atomic E-state index is 0.458. The number of rotatable bonds is 8. The molecule has 0 amide bonds. The quantitative estimate of drug-likeness (QED) is 0.386. The van der Waals surface area contributed by atoms with Crippen molar-refractivity contribution in [2.75, 3.05) is 6.61 Å². The highest BCUT2D eigenvalue weighted by Crippen LogP contribution is 2.31. The van der Waals surface area contributed by atoms with Crippen LogP contribution in [0.4, 0.5) is 0 Å². The van der Waals surface area contributed by atoms with Crippen LogP contribution in [0.25, 0.3) is 0 Å². The summed E-state index contributed by atoms with van der Waals surface area (Å²) in [5.41, 5.74) is 0.470. The smallest absolute Gasteiger partial charge is 0.340 e. The van der Waals surface area contributed by atoms with Crippen molar-refractivity contribution in [1.29, 1.82) is 0 Å². The van der Waals surface area contributed by atoms with Crippen LogP contribution in [-0.4, -0.2) is 23.7 Å². The van der Waals surface area contributed by atoms with Crippen molar-refractivity contribution < 1.29 is 14.3 Å². The Bertz CT molecular complexity index is 553. The third-order valence-electron chi connectivity index (χ3n) is 3.66. The highest BCUT2D eigenvalue weighted by atomic mass is 35.5. The zero-order valence-electron chi connectivity index (χ0n) is 13.4. The predicted molar refractivity (Wildman–Crippen MR) is 92.6 cm³/mol. The average molecular weight is 335 g/mol. The van der Waals surface area contributed by atoms with Crippen LogP contribution >= 0.6 is 11.6 Å². The summed E-state index contributed by atoms with van der Waals surface area (Å²) in [6, 6.07) is 8.82. The number of ether oxygens (including phenoxy) is 2. The van der Waals surface area contributed by atoms with Crippen LogP contribution in [0.1, 0.15) is 43.0 Å². The van der Waals surface area contributed by atoms with E-state index >= 15 is 0 Å². The predicted octanol–water partition coefficient (Wildman–Crippen LogP) is 4.87. The number of hydrogen-bond acceptors (Lipinski definition) is 3. The molecule has 1 aliphatic rings. The van der Waals surface area contributed by atoms with Crippen LogP contribution in [0.15, 0.2) is 54.6 Å². The van der Waals surface area contributed by atoms with E-state index in [2.05, 4.69) is 6.92 Å². The summed E-state index contributed by atoms with van der Waals surface area (Å²) in [7, 11) is 0. The number of esters is 1. The molecule has 2 rings (SSSR count). The van der Waals surface area contributed by atoms with Gasteiger partial charge in [0, 0.05) is 6.61 Å². The number of carbonyl (C=O) groups excluding carboxylic acids is 1. The summed E-state index contributed by atoms with van der Waals surface area (Å²) in [5.74, 6) is -0.458. The van der Waals surface area contributed by atoms with Crippen molar-refractivity contribution in [2.24, 2.45) is 0 Å². The normalized spacial score (nSPS) is 23.0. The number of unbranched alkanes of at least 4 members (excludes halogenated alkanes) is 3. The van der Waals surface area contributed by atoms with Gasteiger partial charge in [0.1, 0.15) is 6.10 Å². The summed E-state index contributed by atoms with van der Waals surface area (Å²) in [4.78, 5) is 12.3. The number of hydrogen-bond donors (Lipinski definition) is 0. The van der Waals surface area contributed by atoms with Gasteiger partial charge in [0.25, 0.3) is 0 Å². The Morgan fingerprint density at radius 1 is 1.17 bits per heavy atom. The van der Waals surface area contributed by atoms with E-state index in [1.165, 1.54) is 12.8 Å². The summed E-state index contributed by atoms with van der Waals surface area (Å²) in [6.45, 7) is 2.77. The highest BCUT2D eigenvalue weighted by molar-refractivity contribution is 6.25. The molecule has 0 saturated carbocycles. The molecular weight excluding hydrogens is 312 g/mol. The van der Waals surface area contributed by atoms with Gasteiger partial charge in [-0.15, -0.1) is 0 Å². The molecule has 0 N–H and O–H groups in total. The molecule has 124 valence electrons. The van der Waals surface area contributed by atoms with Gasteiger partial charge in [-0.25, -0.2) is 4.79 Å². The van der Waals surface area contributed by atoms with Gasteiger partial charge in [-0.3, -0.25) is 0 Å². The SMILES string of the molecule is CCCCCCOC1C=CC=CC1(Cl)OC(=O)c1ccccc1. The van der Waals surface area contributed by atoms with E-state index < -0.39 is 17.1 Å². The Labute approximate surface area is 142 Å². The first-order valence-electron chi connectivity index (χ1n) is 8.10. The summed E-state index contributed by atoms with van der Waals surface area (Å²) in [6.07, 6.45) is 11.1. The van der Waals surface area contributed by atoms with Gasteiger partial charge in [-0.2, -0.15) is 0 Å². The van der Waals surface area contributed by atoms with Crippen LogP contribution in [0.2, 0.25) is 0 Å². The van der Waals surface area contributed by atoms with Crippen molar-refractivity contribution in [3.63, 3.8) is 0 Å². The first kappa shape index (κ1) is 17.8. The molecule has 1 aromatic carbocycles. The lowest BCUT2D eigenvalue weighted by Crippen LogP contribution is -2.41. The van der Waals surface area contributed by atoms with Crippen LogP contribution < -0.4 is 0 Å². The van der Waals surface area contributed by atoms with E-state index in [1.807, 2.05) is 18.2 Å². The Morgan fingerprint density at radius 3 is 2.70 bits per heavy atom. The van der Waals surface area contributed by atoms with Crippen molar-refractivity contribution in [2.45, 2.75) is 43.8 Å². The molecule has 2 atom stereocenters. The highest BCUT2D eigenvalue weighted by Gasteiger charge is 2.39. The van der Waals surface area contributed by atoms with E-state index in [4.69, 9.17) is 21.1 Å². The molecule has 0 bridgehead atoms. The van der Waals surface area contributed by atoms with Gasteiger partial charge >= 0.3 is 5.97 Å². The molecule has 2 unspecified atom stereocenters. The Balaban J connectivity index is 1.94. The number of carbonyl (C=O) groups is 1. The fraction of sp³-hybridized carbons (Fsp3) is 0.421. The first-order valence-corrected chi connectivity index (χ1v) is 8.48. The summed E-state index contributed by atoms with van der Waals surface area (Å²) >= 11 is 6.52. The maximum atomic E-state index is 12.3. The van der Waals surface area contributed by atoms with Gasteiger partial charge in [-0.05, 0) is 24.6 Å². The Kier molecular flexibility index (Phi) is 6.87. The lowest BCUT2D eigenvalue weighted by Gasteiger charge is -2.32. The lowest BCUT2D eigenvalue weighted by molar-refractivity contribution is -0.0354. The monoisotopic (exact) mass is 334 g/mol. The third kappa shape index (κ3) is 5.22. The molecule has 4 heteroatoms. The standard InChI is InChI=1S/C19H23ClO3/c1-2-3-4-10-15-22-17-13-8-9-14-19(17,20)23-18(21)16-11-6-5-7-12-16/h5-9,11-14,17H,2-4,10,15H2,1H3. The van der Waals surface area contributed by atoms with Crippen molar-refractivity contribution >= 4 is 17.6 Å². The van der Waals surface area contributed by atoms with Gasteiger partial charge in [0.2, 0.25) is 5.06 Å². The van der Waals surface area contributed by atoms with Crippen molar-refractivity contribution in [3.8, 4) is 0 Å². The molecule has 0 aliphatic heterocycles. The second-order valence-electron chi connectivity index (χ2n) is 5.55. The van der Waals surface area contributed by atoms with E-state index in [0.717, 1.165) is 12.8 Å².